The average molecular weight is 561 g/mol. The molecule has 0 saturated heterocycles. The van der Waals surface area contributed by atoms with Crippen LogP contribution in [0.4, 0.5) is 11.4 Å². The molecule has 2 unspecified atom stereocenters. The Labute approximate surface area is 256 Å². The zero-order chi connectivity index (χ0) is 28.8. The number of fused-ring (bicyclic) bond motifs is 11. The topological polar surface area (TPSA) is 8.17 Å². The number of benzene rings is 6. The molecule has 1 aromatic heterocycles. The molecule has 6 aromatic carbocycles. The number of allylic oxidation sites excluding steroid dienone is 2. The van der Waals surface area contributed by atoms with Gasteiger partial charge in [0.1, 0.15) is 0 Å². The lowest BCUT2D eigenvalue weighted by Crippen LogP contribution is -2.31. The summed E-state index contributed by atoms with van der Waals surface area (Å²) in [4.78, 5) is 2.60. The first-order valence-corrected chi connectivity index (χ1v) is 15.4. The van der Waals surface area contributed by atoms with Gasteiger partial charge in [-0.25, -0.2) is 0 Å². The van der Waals surface area contributed by atoms with Gasteiger partial charge < -0.3 is 9.47 Å². The number of anilines is 2. The Morgan fingerprint density at radius 2 is 1.20 bits per heavy atom. The average Bonchev–Trinajstić information content (AvgIpc) is 3.56. The van der Waals surface area contributed by atoms with E-state index in [0.29, 0.717) is 0 Å². The fourth-order valence-corrected chi connectivity index (χ4v) is 8.04. The zero-order valence-corrected chi connectivity index (χ0v) is 24.1. The van der Waals surface area contributed by atoms with Gasteiger partial charge in [-0.05, 0) is 81.9 Å². The van der Waals surface area contributed by atoms with Crippen molar-refractivity contribution in [3.05, 3.63) is 169 Å². The van der Waals surface area contributed by atoms with Crippen LogP contribution in [0.3, 0.4) is 0 Å². The fourth-order valence-electron chi connectivity index (χ4n) is 8.04. The van der Waals surface area contributed by atoms with Crippen molar-refractivity contribution in [1.82, 2.24) is 4.57 Å². The van der Waals surface area contributed by atoms with Crippen molar-refractivity contribution in [3.63, 3.8) is 0 Å². The van der Waals surface area contributed by atoms with E-state index < -0.39 is 0 Å². The van der Waals surface area contributed by atoms with Crippen molar-refractivity contribution in [2.24, 2.45) is 0 Å². The van der Waals surface area contributed by atoms with Crippen LogP contribution in [0, 0.1) is 0 Å². The molecule has 3 aliphatic rings. The number of hydrogen-bond donors (Lipinski definition) is 0. The fraction of sp³-hybridized carbons (Fsp3) is 0.0476. The summed E-state index contributed by atoms with van der Waals surface area (Å²) in [5, 5.41) is 2.56. The van der Waals surface area contributed by atoms with E-state index in [9.17, 15) is 0 Å². The minimum Gasteiger partial charge on any atom is -0.332 e. The van der Waals surface area contributed by atoms with Gasteiger partial charge in [-0.2, -0.15) is 0 Å². The second-order valence-electron chi connectivity index (χ2n) is 12.1. The van der Waals surface area contributed by atoms with E-state index in [4.69, 9.17) is 0 Å². The van der Waals surface area contributed by atoms with Crippen LogP contribution in [0.25, 0.3) is 55.3 Å². The van der Waals surface area contributed by atoms with Crippen LogP contribution in [0.15, 0.2) is 158 Å². The third kappa shape index (κ3) is 3.20. The van der Waals surface area contributed by atoms with Crippen molar-refractivity contribution in [3.8, 4) is 27.9 Å². The molecule has 0 bridgehead atoms. The Bertz CT molecular complexity index is 2350. The molecule has 0 N–H and O–H groups in total. The van der Waals surface area contributed by atoms with E-state index >= 15 is 0 Å². The van der Waals surface area contributed by atoms with E-state index in [-0.39, 0.29) is 12.0 Å². The molecular weight excluding hydrogens is 532 g/mol. The first-order chi connectivity index (χ1) is 21.8. The van der Waals surface area contributed by atoms with Gasteiger partial charge in [-0.15, -0.1) is 0 Å². The van der Waals surface area contributed by atoms with Crippen LogP contribution >= 0.6 is 0 Å². The zero-order valence-electron chi connectivity index (χ0n) is 24.1. The third-order valence-corrected chi connectivity index (χ3v) is 9.89. The predicted molar refractivity (Wildman–Crippen MR) is 184 cm³/mol. The van der Waals surface area contributed by atoms with Gasteiger partial charge >= 0.3 is 0 Å². The number of para-hydroxylation sites is 3. The Kier molecular flexibility index (Phi) is 4.86. The molecular formula is C42H28N2. The van der Waals surface area contributed by atoms with Crippen molar-refractivity contribution >= 4 is 38.8 Å². The number of nitrogens with zero attached hydrogens (tertiary/aromatic N) is 2. The molecule has 0 saturated carbocycles. The first-order valence-electron chi connectivity index (χ1n) is 15.4. The first kappa shape index (κ1) is 23.9. The van der Waals surface area contributed by atoms with E-state index in [2.05, 4.69) is 167 Å². The molecule has 0 amide bonds. The lowest BCUT2D eigenvalue weighted by molar-refractivity contribution is 0.764. The highest BCUT2D eigenvalue weighted by atomic mass is 15.2. The van der Waals surface area contributed by atoms with Crippen LogP contribution in [0.2, 0.25) is 0 Å². The molecule has 2 nitrogen and oxygen atoms in total. The van der Waals surface area contributed by atoms with Crippen molar-refractivity contribution in [2.45, 2.75) is 12.0 Å². The highest BCUT2D eigenvalue weighted by Crippen LogP contribution is 2.57. The molecule has 0 spiro atoms. The minimum absolute atomic E-state index is 0.237. The summed E-state index contributed by atoms with van der Waals surface area (Å²) in [5.74, 6) is 0.285. The highest BCUT2D eigenvalue weighted by molar-refractivity contribution is 6.10. The third-order valence-electron chi connectivity index (χ3n) is 9.89. The summed E-state index contributed by atoms with van der Waals surface area (Å²) >= 11 is 0. The van der Waals surface area contributed by atoms with Gasteiger partial charge in [0.15, 0.2) is 0 Å². The van der Waals surface area contributed by atoms with Gasteiger partial charge in [0.2, 0.25) is 0 Å². The number of aromatic nitrogens is 1. The summed E-state index contributed by atoms with van der Waals surface area (Å²) in [7, 11) is 0. The maximum Gasteiger partial charge on any atom is 0.0701 e. The molecule has 0 radical (unpaired) electrons. The molecule has 2 atom stereocenters. The summed E-state index contributed by atoms with van der Waals surface area (Å²) in [6.45, 7) is 0. The van der Waals surface area contributed by atoms with Crippen molar-refractivity contribution in [2.75, 3.05) is 4.90 Å². The molecule has 10 rings (SSSR count). The second kappa shape index (κ2) is 8.95. The molecule has 0 fully saturated rings. The monoisotopic (exact) mass is 560 g/mol. The Balaban J connectivity index is 1.16. The largest absolute Gasteiger partial charge is 0.332 e. The predicted octanol–water partition coefficient (Wildman–Crippen LogP) is 10.7. The molecule has 3 heterocycles. The van der Waals surface area contributed by atoms with Gasteiger partial charge in [-0.3, -0.25) is 0 Å². The summed E-state index contributed by atoms with van der Waals surface area (Å²) in [6, 6.07) is 51.6. The molecule has 2 heteroatoms. The lowest BCUT2D eigenvalue weighted by atomic mass is 9.81. The van der Waals surface area contributed by atoms with Crippen molar-refractivity contribution in [1.29, 1.82) is 0 Å². The SMILES string of the molecule is C1=CC2c3cc(-c4ccc5c(c4)c4ccccc4n5-c4ccccc4)ccc3N3c4ccccc4-c4ccccc4C(=C1)C23. The number of hydrogen-bond acceptors (Lipinski definition) is 1. The standard InChI is InChI=1S/C42H28N2/c1-2-11-29(12-3-1)43-38-19-8-7-16-33(38)36-25-27(21-23-40(36)43)28-22-24-41-37(26-28)35-18-10-17-34-31-14-5-4-13-30(31)32-15-6-9-20-39(32)44(41)42(34)35/h1-26,35,42H. The normalized spacial score (nSPS) is 17.5. The van der Waals surface area contributed by atoms with Crippen LogP contribution in [0.5, 0.6) is 0 Å². The Hall–Kier alpha value is -5.60. The summed E-state index contributed by atoms with van der Waals surface area (Å²) in [5.41, 5.74) is 15.5. The van der Waals surface area contributed by atoms with E-state index in [1.807, 2.05) is 0 Å². The smallest absolute Gasteiger partial charge is 0.0701 e. The van der Waals surface area contributed by atoms with E-state index in [0.717, 1.165) is 0 Å². The Morgan fingerprint density at radius 3 is 2.11 bits per heavy atom. The molecule has 7 aromatic rings. The maximum absolute atomic E-state index is 2.60. The number of rotatable bonds is 2. The van der Waals surface area contributed by atoms with Crippen LogP contribution in [0.1, 0.15) is 17.0 Å². The Morgan fingerprint density at radius 1 is 0.500 bits per heavy atom. The second-order valence-corrected chi connectivity index (χ2v) is 12.1. The molecule has 2 aliphatic heterocycles. The van der Waals surface area contributed by atoms with E-state index in [1.165, 1.54) is 77.8 Å². The van der Waals surface area contributed by atoms with Crippen molar-refractivity contribution < 1.29 is 0 Å². The van der Waals surface area contributed by atoms with Crippen LogP contribution < -0.4 is 4.90 Å². The van der Waals surface area contributed by atoms with Crippen LogP contribution in [-0.2, 0) is 0 Å². The van der Waals surface area contributed by atoms with E-state index in [1.54, 1.807) is 0 Å². The highest BCUT2D eigenvalue weighted by Gasteiger charge is 2.44. The molecule has 206 valence electrons. The molecule has 44 heavy (non-hydrogen) atoms. The lowest BCUT2D eigenvalue weighted by Gasteiger charge is -2.32. The summed E-state index contributed by atoms with van der Waals surface area (Å²) < 4.78 is 2.38. The maximum atomic E-state index is 2.60. The van der Waals surface area contributed by atoms with Gasteiger partial charge in [-0.1, -0.05) is 109 Å². The van der Waals surface area contributed by atoms with Gasteiger partial charge in [0.05, 0.1) is 17.1 Å². The summed E-state index contributed by atoms with van der Waals surface area (Å²) in [6.07, 6.45) is 7.01. The van der Waals surface area contributed by atoms with Gasteiger partial charge in [0, 0.05) is 39.3 Å². The van der Waals surface area contributed by atoms with Gasteiger partial charge in [0.25, 0.3) is 0 Å². The molecule has 1 aliphatic carbocycles. The minimum atomic E-state index is 0.237. The van der Waals surface area contributed by atoms with Crippen LogP contribution in [-0.4, -0.2) is 10.6 Å². The quantitative estimate of drug-likeness (QED) is 0.204.